The Morgan fingerprint density at radius 3 is 2.59 bits per heavy atom. The Balaban J connectivity index is 1.80. The van der Waals surface area contributed by atoms with Crippen LogP contribution in [-0.2, 0) is 16.0 Å². The van der Waals surface area contributed by atoms with E-state index in [0.717, 1.165) is 17.8 Å². The summed E-state index contributed by atoms with van der Waals surface area (Å²) in [6.07, 6.45) is 3.93. The third kappa shape index (κ3) is 4.03. The first kappa shape index (κ1) is 19.1. The van der Waals surface area contributed by atoms with Crippen molar-refractivity contribution in [2.45, 2.75) is 32.6 Å². The second-order valence-electron chi connectivity index (χ2n) is 6.88. The quantitative estimate of drug-likeness (QED) is 0.780. The van der Waals surface area contributed by atoms with Crippen molar-refractivity contribution in [1.82, 2.24) is 15.1 Å². The molecule has 0 bridgehead atoms. The number of carboxylic acids is 1. The molecule has 1 fully saturated rings. The number of ether oxygens (including phenoxy) is 1. The van der Waals surface area contributed by atoms with Gasteiger partial charge >= 0.3 is 5.97 Å². The summed E-state index contributed by atoms with van der Waals surface area (Å²) in [5.41, 5.74) is 1.26. The Kier molecular flexibility index (Phi) is 5.91. The molecule has 1 aliphatic rings. The molecule has 1 aromatic heterocycles. The molecule has 0 unspecified atom stereocenters. The summed E-state index contributed by atoms with van der Waals surface area (Å²) in [5, 5.41) is 16.9. The predicted octanol–water partition coefficient (Wildman–Crippen LogP) is 2.44. The van der Waals surface area contributed by atoms with Crippen LogP contribution in [0.25, 0.3) is 5.69 Å². The zero-order valence-electron chi connectivity index (χ0n) is 15.5. The van der Waals surface area contributed by atoms with E-state index in [2.05, 4.69) is 10.4 Å². The summed E-state index contributed by atoms with van der Waals surface area (Å²) < 4.78 is 7.06. The number of carbonyl (C=O) groups excluding carboxylic acids is 1. The van der Waals surface area contributed by atoms with E-state index >= 15 is 0 Å². The zero-order chi connectivity index (χ0) is 19.3. The smallest absolute Gasteiger partial charge is 0.311 e. The van der Waals surface area contributed by atoms with Crippen LogP contribution in [0.15, 0.2) is 36.5 Å². The molecule has 0 aliphatic carbocycles. The van der Waals surface area contributed by atoms with Gasteiger partial charge in [-0.25, -0.2) is 4.68 Å². The summed E-state index contributed by atoms with van der Waals surface area (Å²) >= 11 is 0. The number of hydrogen-bond donors (Lipinski definition) is 2. The molecular weight excluding hydrogens is 346 g/mol. The molecule has 7 nitrogen and oxygen atoms in total. The van der Waals surface area contributed by atoms with Gasteiger partial charge in [-0.1, -0.05) is 31.5 Å². The molecule has 1 amide bonds. The predicted molar refractivity (Wildman–Crippen MR) is 100 cm³/mol. The summed E-state index contributed by atoms with van der Waals surface area (Å²) in [4.78, 5) is 24.6. The Morgan fingerprint density at radius 2 is 1.96 bits per heavy atom. The lowest BCUT2D eigenvalue weighted by molar-refractivity contribution is -0.154. The molecule has 3 rings (SSSR count). The number of benzene rings is 1. The van der Waals surface area contributed by atoms with Crippen molar-refractivity contribution in [2.24, 2.45) is 5.41 Å². The fourth-order valence-corrected chi connectivity index (χ4v) is 3.41. The average Bonchev–Trinajstić information content (AvgIpc) is 3.11. The van der Waals surface area contributed by atoms with Crippen LogP contribution in [-0.4, -0.2) is 46.5 Å². The monoisotopic (exact) mass is 371 g/mol. The number of aromatic nitrogens is 2. The largest absolute Gasteiger partial charge is 0.481 e. The molecule has 7 heteroatoms. The number of para-hydroxylation sites is 1. The Bertz CT molecular complexity index is 795. The lowest BCUT2D eigenvalue weighted by Crippen LogP contribution is -2.46. The van der Waals surface area contributed by atoms with Gasteiger partial charge in [0.2, 0.25) is 0 Å². The molecule has 1 aromatic carbocycles. The maximum Gasteiger partial charge on any atom is 0.311 e. The van der Waals surface area contributed by atoms with E-state index < -0.39 is 11.4 Å². The first-order chi connectivity index (χ1) is 13.1. The van der Waals surface area contributed by atoms with Crippen molar-refractivity contribution >= 4 is 11.9 Å². The topological polar surface area (TPSA) is 93.5 Å². The van der Waals surface area contributed by atoms with Gasteiger partial charge in [0, 0.05) is 19.8 Å². The van der Waals surface area contributed by atoms with E-state index in [-0.39, 0.29) is 12.5 Å². The number of amides is 1. The van der Waals surface area contributed by atoms with Crippen LogP contribution in [0.5, 0.6) is 0 Å². The number of carbonyl (C=O) groups is 2. The van der Waals surface area contributed by atoms with Gasteiger partial charge in [0.05, 0.1) is 28.6 Å². The van der Waals surface area contributed by atoms with Gasteiger partial charge in [-0.15, -0.1) is 0 Å². The fraction of sp³-hybridized carbons (Fsp3) is 0.450. The Labute approximate surface area is 158 Å². The van der Waals surface area contributed by atoms with Gasteiger partial charge in [0.1, 0.15) is 0 Å². The van der Waals surface area contributed by atoms with Crippen molar-refractivity contribution in [3.63, 3.8) is 0 Å². The van der Waals surface area contributed by atoms with Crippen LogP contribution < -0.4 is 5.32 Å². The van der Waals surface area contributed by atoms with Gasteiger partial charge < -0.3 is 15.2 Å². The second-order valence-corrected chi connectivity index (χ2v) is 6.88. The van der Waals surface area contributed by atoms with Gasteiger partial charge in [0.15, 0.2) is 0 Å². The second kappa shape index (κ2) is 8.35. The molecule has 0 saturated carbocycles. The van der Waals surface area contributed by atoms with Crippen molar-refractivity contribution in [1.29, 1.82) is 0 Å². The van der Waals surface area contributed by atoms with Crippen molar-refractivity contribution in [3.8, 4) is 5.69 Å². The summed E-state index contributed by atoms with van der Waals surface area (Å²) in [6, 6.07) is 9.66. The Hall–Kier alpha value is -2.67. The SMILES string of the molecule is CCCc1c(C(=O)NCC2(C(=O)O)CCOCC2)cnn1-c1ccccc1. The molecule has 144 valence electrons. The molecule has 0 atom stereocenters. The first-order valence-electron chi connectivity index (χ1n) is 9.29. The maximum atomic E-state index is 12.8. The number of carboxylic acid groups (broad SMARTS) is 1. The van der Waals surface area contributed by atoms with Crippen LogP contribution in [0.3, 0.4) is 0 Å². The number of aliphatic carboxylic acids is 1. The van der Waals surface area contributed by atoms with Gasteiger partial charge in [-0.3, -0.25) is 9.59 Å². The summed E-state index contributed by atoms with van der Waals surface area (Å²) in [7, 11) is 0. The number of hydrogen-bond acceptors (Lipinski definition) is 4. The number of rotatable bonds is 7. The third-order valence-corrected chi connectivity index (χ3v) is 5.09. The van der Waals surface area contributed by atoms with E-state index in [1.165, 1.54) is 0 Å². The summed E-state index contributed by atoms with van der Waals surface area (Å²) in [5.74, 6) is -1.17. The van der Waals surface area contributed by atoms with Crippen LogP contribution in [0.1, 0.15) is 42.2 Å². The van der Waals surface area contributed by atoms with Crippen LogP contribution in [0.4, 0.5) is 0 Å². The number of nitrogens with one attached hydrogen (secondary N) is 1. The van der Waals surface area contributed by atoms with E-state index in [9.17, 15) is 14.7 Å². The molecule has 2 aromatic rings. The maximum absolute atomic E-state index is 12.8. The molecule has 1 saturated heterocycles. The fourth-order valence-electron chi connectivity index (χ4n) is 3.41. The van der Waals surface area contributed by atoms with Crippen LogP contribution in [0, 0.1) is 5.41 Å². The first-order valence-corrected chi connectivity index (χ1v) is 9.29. The van der Waals surface area contributed by atoms with Crippen molar-refractivity contribution in [3.05, 3.63) is 47.8 Å². The minimum atomic E-state index is -0.964. The van der Waals surface area contributed by atoms with E-state index in [4.69, 9.17) is 4.74 Å². The molecule has 2 N–H and O–H groups in total. The normalized spacial score (nSPS) is 16.0. The van der Waals surface area contributed by atoms with Gasteiger partial charge in [0.25, 0.3) is 5.91 Å². The highest BCUT2D eigenvalue weighted by Gasteiger charge is 2.40. The zero-order valence-corrected chi connectivity index (χ0v) is 15.5. The Morgan fingerprint density at radius 1 is 1.26 bits per heavy atom. The minimum Gasteiger partial charge on any atom is -0.481 e. The van der Waals surface area contributed by atoms with E-state index in [1.54, 1.807) is 10.9 Å². The van der Waals surface area contributed by atoms with E-state index in [1.807, 2.05) is 37.3 Å². The highest BCUT2D eigenvalue weighted by Crippen LogP contribution is 2.30. The highest BCUT2D eigenvalue weighted by atomic mass is 16.5. The average molecular weight is 371 g/mol. The minimum absolute atomic E-state index is 0.0899. The lowest BCUT2D eigenvalue weighted by Gasteiger charge is -2.33. The third-order valence-electron chi connectivity index (χ3n) is 5.09. The number of nitrogens with zero attached hydrogens (tertiary/aromatic N) is 2. The van der Waals surface area contributed by atoms with Crippen LogP contribution >= 0.6 is 0 Å². The molecule has 0 radical (unpaired) electrons. The molecule has 27 heavy (non-hydrogen) atoms. The van der Waals surface area contributed by atoms with Gasteiger partial charge in [-0.05, 0) is 31.4 Å². The van der Waals surface area contributed by atoms with E-state index in [0.29, 0.717) is 38.0 Å². The molecule has 0 spiro atoms. The van der Waals surface area contributed by atoms with Gasteiger partial charge in [-0.2, -0.15) is 5.10 Å². The van der Waals surface area contributed by atoms with Crippen molar-refractivity contribution < 1.29 is 19.4 Å². The lowest BCUT2D eigenvalue weighted by atomic mass is 9.80. The molecular formula is C20H25N3O4. The highest BCUT2D eigenvalue weighted by molar-refractivity contribution is 5.95. The molecule has 2 heterocycles. The molecule has 1 aliphatic heterocycles. The van der Waals surface area contributed by atoms with Crippen molar-refractivity contribution in [2.75, 3.05) is 19.8 Å². The standard InChI is InChI=1S/C20H25N3O4/c1-2-6-17-16(13-22-23(17)15-7-4-3-5-8-15)18(24)21-14-20(19(25)26)9-11-27-12-10-20/h3-5,7-8,13H,2,6,9-12,14H2,1H3,(H,21,24)(H,25,26). The van der Waals surface area contributed by atoms with Crippen LogP contribution in [0.2, 0.25) is 0 Å². The summed E-state index contributed by atoms with van der Waals surface area (Å²) in [6.45, 7) is 2.93.